The van der Waals surface area contributed by atoms with Crippen LogP contribution in [0, 0.1) is 0 Å². The highest BCUT2D eigenvalue weighted by atomic mass is 16.1. The second-order valence-corrected chi connectivity index (χ2v) is 3.45. The van der Waals surface area contributed by atoms with Crippen molar-refractivity contribution in [1.82, 2.24) is 20.2 Å². The van der Waals surface area contributed by atoms with Crippen LogP contribution in [-0.2, 0) is 18.4 Å². The van der Waals surface area contributed by atoms with E-state index in [0.717, 1.165) is 18.7 Å². The lowest BCUT2D eigenvalue weighted by Crippen LogP contribution is -2.34. The van der Waals surface area contributed by atoms with E-state index >= 15 is 0 Å². The van der Waals surface area contributed by atoms with E-state index in [1.165, 1.54) is 0 Å². The average Bonchev–Trinajstić information content (AvgIpc) is 2.61. The number of imidazole rings is 1. The molecule has 0 saturated heterocycles. The summed E-state index contributed by atoms with van der Waals surface area (Å²) in [6, 6.07) is 0. The molecule has 15 heavy (non-hydrogen) atoms. The molecule has 0 unspecified atom stereocenters. The molecule has 0 aliphatic rings. The number of aryl methyl sites for hydroxylation is 1. The van der Waals surface area contributed by atoms with Crippen LogP contribution in [-0.4, -0.2) is 28.5 Å². The van der Waals surface area contributed by atoms with Crippen molar-refractivity contribution in [2.45, 2.75) is 19.9 Å². The van der Waals surface area contributed by atoms with Crippen molar-refractivity contribution in [1.29, 1.82) is 0 Å². The van der Waals surface area contributed by atoms with E-state index in [9.17, 15) is 4.79 Å². The van der Waals surface area contributed by atoms with E-state index in [4.69, 9.17) is 0 Å². The predicted molar refractivity (Wildman–Crippen MR) is 58.2 cm³/mol. The van der Waals surface area contributed by atoms with Gasteiger partial charge >= 0.3 is 0 Å². The molecule has 0 aliphatic carbocycles. The van der Waals surface area contributed by atoms with Crippen LogP contribution < -0.4 is 10.6 Å². The van der Waals surface area contributed by atoms with Gasteiger partial charge < -0.3 is 15.2 Å². The number of nitrogens with zero attached hydrogens (tertiary/aromatic N) is 2. The van der Waals surface area contributed by atoms with Crippen LogP contribution in [0.3, 0.4) is 0 Å². The topological polar surface area (TPSA) is 59.0 Å². The molecule has 1 rings (SSSR count). The van der Waals surface area contributed by atoms with Crippen molar-refractivity contribution in [3.63, 3.8) is 0 Å². The molecule has 1 heterocycles. The minimum atomic E-state index is 0.0408. The smallest absolute Gasteiger partial charge is 0.233 e. The zero-order chi connectivity index (χ0) is 11.1. The molecule has 0 saturated carbocycles. The predicted octanol–water partition coefficient (Wildman–Crippen LogP) is 0.0359. The Kier molecular flexibility index (Phi) is 4.83. The quantitative estimate of drug-likeness (QED) is 0.696. The van der Waals surface area contributed by atoms with Gasteiger partial charge in [-0.1, -0.05) is 6.92 Å². The Labute approximate surface area is 89.9 Å². The summed E-state index contributed by atoms with van der Waals surface area (Å²) in [6.45, 7) is 3.79. The first kappa shape index (κ1) is 11.7. The van der Waals surface area contributed by atoms with Gasteiger partial charge in [0.15, 0.2) is 0 Å². The van der Waals surface area contributed by atoms with Crippen molar-refractivity contribution in [3.05, 3.63) is 18.2 Å². The lowest BCUT2D eigenvalue weighted by molar-refractivity contribution is -0.120. The molecule has 1 aromatic heterocycles. The first-order chi connectivity index (χ1) is 7.24. The molecule has 1 aromatic rings. The van der Waals surface area contributed by atoms with E-state index in [2.05, 4.69) is 15.6 Å². The number of carbonyl (C=O) groups is 1. The summed E-state index contributed by atoms with van der Waals surface area (Å²) in [7, 11) is 1.93. The van der Waals surface area contributed by atoms with Crippen LogP contribution in [0.2, 0.25) is 0 Å². The fraction of sp³-hybridized carbons (Fsp3) is 0.600. The number of hydrogen-bond acceptors (Lipinski definition) is 3. The zero-order valence-electron chi connectivity index (χ0n) is 9.29. The van der Waals surface area contributed by atoms with Crippen molar-refractivity contribution in [2.75, 3.05) is 13.1 Å². The molecule has 0 aliphatic heterocycles. The van der Waals surface area contributed by atoms with Crippen LogP contribution in [0.4, 0.5) is 0 Å². The number of rotatable bonds is 6. The second kappa shape index (κ2) is 6.19. The highest BCUT2D eigenvalue weighted by molar-refractivity contribution is 5.77. The molecular formula is C10H18N4O. The van der Waals surface area contributed by atoms with E-state index in [-0.39, 0.29) is 5.91 Å². The molecule has 0 radical (unpaired) electrons. The first-order valence-corrected chi connectivity index (χ1v) is 5.16. The van der Waals surface area contributed by atoms with Crippen LogP contribution in [0.1, 0.15) is 19.0 Å². The molecule has 0 fully saturated rings. The summed E-state index contributed by atoms with van der Waals surface area (Å²) in [6.07, 6.45) is 4.50. The molecule has 0 atom stereocenters. The number of aromatic nitrogens is 2. The monoisotopic (exact) mass is 210 g/mol. The van der Waals surface area contributed by atoms with Gasteiger partial charge in [0, 0.05) is 26.3 Å². The van der Waals surface area contributed by atoms with Crippen LogP contribution in [0.5, 0.6) is 0 Å². The van der Waals surface area contributed by atoms with Gasteiger partial charge in [-0.15, -0.1) is 0 Å². The van der Waals surface area contributed by atoms with Gasteiger partial charge in [-0.25, -0.2) is 4.98 Å². The van der Waals surface area contributed by atoms with E-state index < -0.39 is 0 Å². The van der Waals surface area contributed by atoms with Gasteiger partial charge in [0.05, 0.1) is 18.6 Å². The lowest BCUT2D eigenvalue weighted by atomic mass is 10.4. The van der Waals surface area contributed by atoms with E-state index in [1.807, 2.05) is 18.5 Å². The van der Waals surface area contributed by atoms with Gasteiger partial charge in [0.2, 0.25) is 5.91 Å². The Morgan fingerprint density at radius 3 is 3.00 bits per heavy atom. The van der Waals surface area contributed by atoms with Crippen LogP contribution in [0.15, 0.2) is 12.5 Å². The van der Waals surface area contributed by atoms with Gasteiger partial charge in [-0.2, -0.15) is 0 Å². The van der Waals surface area contributed by atoms with Crippen LogP contribution in [0.25, 0.3) is 0 Å². The molecule has 84 valence electrons. The first-order valence-electron chi connectivity index (χ1n) is 5.16. The third kappa shape index (κ3) is 4.12. The van der Waals surface area contributed by atoms with Crippen molar-refractivity contribution >= 4 is 5.91 Å². The third-order valence-electron chi connectivity index (χ3n) is 2.08. The molecule has 0 spiro atoms. The number of nitrogens with one attached hydrogen (secondary N) is 2. The van der Waals surface area contributed by atoms with Crippen LogP contribution >= 0.6 is 0 Å². The van der Waals surface area contributed by atoms with Gasteiger partial charge in [-0.3, -0.25) is 4.79 Å². The average molecular weight is 210 g/mol. The Morgan fingerprint density at radius 1 is 1.60 bits per heavy atom. The normalized spacial score (nSPS) is 10.3. The maximum absolute atomic E-state index is 11.2. The molecule has 2 N–H and O–H groups in total. The fourth-order valence-electron chi connectivity index (χ4n) is 1.19. The molecule has 0 bridgehead atoms. The lowest BCUT2D eigenvalue weighted by Gasteiger charge is -2.05. The Balaban J connectivity index is 2.16. The zero-order valence-corrected chi connectivity index (χ0v) is 9.29. The molecule has 5 heteroatoms. The van der Waals surface area contributed by atoms with Gasteiger partial charge in [-0.05, 0) is 6.42 Å². The maximum atomic E-state index is 11.2. The Bertz CT molecular complexity index is 308. The highest BCUT2D eigenvalue weighted by Gasteiger charge is 2.01. The number of amides is 1. The minimum Gasteiger partial charge on any atom is -0.355 e. The molecule has 0 aromatic carbocycles. The number of carbonyl (C=O) groups excluding carboxylic acids is 1. The van der Waals surface area contributed by atoms with Crippen molar-refractivity contribution in [3.8, 4) is 0 Å². The number of hydrogen-bond donors (Lipinski definition) is 2. The summed E-state index contributed by atoms with van der Waals surface area (Å²) in [5.41, 5.74) is 1.07. The molecular weight excluding hydrogens is 192 g/mol. The SMILES string of the molecule is CCCNC(=O)CNCc1cncn1C. The highest BCUT2D eigenvalue weighted by Crippen LogP contribution is 1.93. The second-order valence-electron chi connectivity index (χ2n) is 3.45. The Morgan fingerprint density at radius 2 is 2.40 bits per heavy atom. The van der Waals surface area contributed by atoms with E-state index in [1.54, 1.807) is 12.5 Å². The summed E-state index contributed by atoms with van der Waals surface area (Å²) < 4.78 is 1.93. The third-order valence-corrected chi connectivity index (χ3v) is 2.08. The standard InChI is InChI=1S/C10H18N4O/c1-3-4-13-10(15)7-11-5-9-6-12-8-14(9)2/h6,8,11H,3-5,7H2,1-2H3,(H,13,15). The summed E-state index contributed by atoms with van der Waals surface area (Å²) in [4.78, 5) is 15.2. The largest absolute Gasteiger partial charge is 0.355 e. The van der Waals surface area contributed by atoms with Crippen molar-refractivity contribution < 1.29 is 4.79 Å². The molecule has 5 nitrogen and oxygen atoms in total. The summed E-state index contributed by atoms with van der Waals surface area (Å²) in [5.74, 6) is 0.0408. The van der Waals surface area contributed by atoms with Gasteiger partial charge in [0.25, 0.3) is 0 Å². The van der Waals surface area contributed by atoms with E-state index in [0.29, 0.717) is 13.1 Å². The summed E-state index contributed by atoms with van der Waals surface area (Å²) >= 11 is 0. The van der Waals surface area contributed by atoms with Crippen molar-refractivity contribution in [2.24, 2.45) is 7.05 Å². The minimum absolute atomic E-state index is 0.0408. The van der Waals surface area contributed by atoms with Gasteiger partial charge in [0.1, 0.15) is 0 Å². The molecule has 1 amide bonds. The summed E-state index contributed by atoms with van der Waals surface area (Å²) in [5, 5.41) is 5.87. The Hall–Kier alpha value is -1.36. The maximum Gasteiger partial charge on any atom is 0.233 e. The fourth-order valence-corrected chi connectivity index (χ4v) is 1.19.